The fourth-order valence-corrected chi connectivity index (χ4v) is 2.73. The summed E-state index contributed by atoms with van der Waals surface area (Å²) in [5.74, 6) is -0.756. The maximum Gasteiger partial charge on any atom is 0.272 e. The summed E-state index contributed by atoms with van der Waals surface area (Å²) in [6.45, 7) is 7.42. The Bertz CT molecular complexity index is 785. The number of carbonyl (C=O) groups excluding carboxylic acids is 2. The number of hydrogen-bond donors (Lipinski definition) is 1. The van der Waals surface area contributed by atoms with Crippen LogP contribution in [0.5, 0.6) is 0 Å². The second-order valence-corrected chi connectivity index (χ2v) is 7.65. The number of nitrogens with zero attached hydrogens (tertiary/aromatic N) is 1. The van der Waals surface area contributed by atoms with E-state index in [9.17, 15) is 9.59 Å². The molecule has 0 aliphatic rings. The van der Waals surface area contributed by atoms with Crippen LogP contribution in [0.1, 0.15) is 47.1 Å². The van der Waals surface area contributed by atoms with E-state index in [1.54, 1.807) is 18.2 Å². The molecule has 0 radical (unpaired) electrons. The normalized spacial score (nSPS) is 9.93. The quantitative estimate of drug-likeness (QED) is 0.515. The minimum atomic E-state index is -0.647. The van der Waals surface area contributed by atoms with Crippen molar-refractivity contribution in [2.24, 2.45) is 0 Å². The standard InChI is InChI=1S/C19H20Cl2N2O2.3ClH/c1-12-5-7-13(8-6-12)17(24)22-23(19(2,3)4)18(25)14-9-15(20)11-16(21)10-14;;;/h5-11H,1-4H3,(H,22,24);3*1H. The molecule has 2 aromatic rings. The highest BCUT2D eigenvalue weighted by Gasteiger charge is 2.30. The molecule has 0 bridgehead atoms. The van der Waals surface area contributed by atoms with E-state index in [-0.39, 0.29) is 43.1 Å². The van der Waals surface area contributed by atoms with Crippen molar-refractivity contribution in [3.8, 4) is 0 Å². The predicted octanol–water partition coefficient (Wildman–Crippen LogP) is 6.15. The van der Waals surface area contributed by atoms with E-state index in [0.717, 1.165) is 5.56 Å². The zero-order chi connectivity index (χ0) is 18.8. The van der Waals surface area contributed by atoms with E-state index in [2.05, 4.69) is 5.43 Å². The van der Waals surface area contributed by atoms with E-state index in [1.807, 2.05) is 39.8 Å². The van der Waals surface area contributed by atoms with Gasteiger partial charge in [0.2, 0.25) is 0 Å². The smallest absolute Gasteiger partial charge is 0.267 e. The van der Waals surface area contributed by atoms with Gasteiger partial charge in [-0.15, -0.1) is 37.2 Å². The van der Waals surface area contributed by atoms with Crippen molar-refractivity contribution in [2.45, 2.75) is 33.2 Å². The van der Waals surface area contributed by atoms with Crippen LogP contribution in [0.4, 0.5) is 0 Å². The number of amides is 2. The lowest BCUT2D eigenvalue weighted by Gasteiger charge is -2.35. The van der Waals surface area contributed by atoms with Crippen molar-refractivity contribution in [1.29, 1.82) is 0 Å². The van der Waals surface area contributed by atoms with Crippen molar-refractivity contribution in [1.82, 2.24) is 10.4 Å². The van der Waals surface area contributed by atoms with E-state index < -0.39 is 11.4 Å². The van der Waals surface area contributed by atoms with Crippen LogP contribution in [0.2, 0.25) is 10.0 Å². The second-order valence-electron chi connectivity index (χ2n) is 6.78. The highest BCUT2D eigenvalue weighted by Crippen LogP contribution is 2.22. The van der Waals surface area contributed by atoms with Gasteiger partial charge in [-0.3, -0.25) is 15.0 Å². The van der Waals surface area contributed by atoms with Crippen LogP contribution in [-0.4, -0.2) is 22.4 Å². The minimum Gasteiger partial charge on any atom is -0.267 e. The lowest BCUT2D eigenvalue weighted by molar-refractivity contribution is 0.0358. The first-order valence-corrected chi connectivity index (χ1v) is 8.52. The Hall–Kier alpha value is -1.17. The highest BCUT2D eigenvalue weighted by molar-refractivity contribution is 6.35. The first kappa shape index (κ1) is 29.0. The van der Waals surface area contributed by atoms with Gasteiger partial charge in [-0.1, -0.05) is 40.9 Å². The SMILES string of the molecule is Cc1ccc(C(=O)NN(C(=O)c2cc(Cl)cc(Cl)c2)C(C)(C)C)cc1.Cl.Cl.Cl. The van der Waals surface area contributed by atoms with E-state index in [4.69, 9.17) is 23.2 Å². The molecule has 1 N–H and O–H groups in total. The average molecular weight is 489 g/mol. The fraction of sp³-hybridized carbons (Fsp3) is 0.263. The zero-order valence-electron chi connectivity index (χ0n) is 15.8. The number of benzene rings is 2. The Kier molecular flexibility index (Phi) is 12.2. The van der Waals surface area contributed by atoms with Crippen LogP contribution in [0, 0.1) is 6.92 Å². The van der Waals surface area contributed by atoms with Crippen molar-refractivity contribution < 1.29 is 9.59 Å². The van der Waals surface area contributed by atoms with Gasteiger partial charge in [0, 0.05) is 21.2 Å². The van der Waals surface area contributed by atoms with Gasteiger partial charge in [0.05, 0.1) is 5.54 Å². The van der Waals surface area contributed by atoms with Crippen LogP contribution < -0.4 is 5.43 Å². The van der Waals surface area contributed by atoms with Crippen LogP contribution in [0.3, 0.4) is 0 Å². The molecule has 9 heteroatoms. The summed E-state index contributed by atoms with van der Waals surface area (Å²) in [7, 11) is 0. The Morgan fingerprint density at radius 3 is 1.75 bits per heavy atom. The molecular weight excluding hydrogens is 465 g/mol. The Balaban J connectivity index is 0. The number of hydrazine groups is 1. The summed E-state index contributed by atoms with van der Waals surface area (Å²) in [5.41, 5.74) is 3.86. The van der Waals surface area contributed by atoms with Gasteiger partial charge in [-0.25, -0.2) is 5.01 Å². The van der Waals surface area contributed by atoms with Crippen molar-refractivity contribution >= 4 is 72.2 Å². The van der Waals surface area contributed by atoms with Crippen LogP contribution >= 0.6 is 60.4 Å². The minimum absolute atomic E-state index is 0. The van der Waals surface area contributed by atoms with Crippen LogP contribution in [-0.2, 0) is 0 Å². The molecule has 0 heterocycles. The van der Waals surface area contributed by atoms with Crippen molar-refractivity contribution in [3.63, 3.8) is 0 Å². The molecule has 0 unspecified atom stereocenters. The monoisotopic (exact) mass is 486 g/mol. The number of hydrogen-bond acceptors (Lipinski definition) is 2. The number of halogens is 5. The maximum atomic E-state index is 12.9. The number of carbonyl (C=O) groups is 2. The molecular formula is C19H23Cl5N2O2. The lowest BCUT2D eigenvalue weighted by Crippen LogP contribution is -2.55. The fourth-order valence-electron chi connectivity index (χ4n) is 2.20. The third-order valence-corrected chi connectivity index (χ3v) is 3.95. The topological polar surface area (TPSA) is 49.4 Å². The first-order valence-electron chi connectivity index (χ1n) is 7.76. The van der Waals surface area contributed by atoms with Gasteiger partial charge in [0.1, 0.15) is 0 Å². The number of aryl methyl sites for hydroxylation is 1. The molecule has 0 aromatic heterocycles. The third-order valence-electron chi connectivity index (χ3n) is 3.51. The molecule has 0 fully saturated rings. The van der Waals surface area contributed by atoms with Crippen molar-refractivity contribution in [3.05, 3.63) is 69.2 Å². The summed E-state index contributed by atoms with van der Waals surface area (Å²) in [6, 6.07) is 11.7. The Morgan fingerprint density at radius 1 is 0.857 bits per heavy atom. The Morgan fingerprint density at radius 2 is 1.32 bits per heavy atom. The predicted molar refractivity (Wildman–Crippen MR) is 123 cm³/mol. The largest absolute Gasteiger partial charge is 0.272 e. The summed E-state index contributed by atoms with van der Waals surface area (Å²) in [6.07, 6.45) is 0. The zero-order valence-corrected chi connectivity index (χ0v) is 19.7. The molecule has 0 aliphatic carbocycles. The second kappa shape index (κ2) is 11.7. The van der Waals surface area contributed by atoms with E-state index >= 15 is 0 Å². The summed E-state index contributed by atoms with van der Waals surface area (Å²) in [5, 5.41) is 2.00. The number of nitrogens with one attached hydrogen (secondary N) is 1. The molecule has 4 nitrogen and oxygen atoms in total. The summed E-state index contributed by atoms with van der Waals surface area (Å²) >= 11 is 12.0. The van der Waals surface area contributed by atoms with Gasteiger partial charge in [0.15, 0.2) is 0 Å². The molecule has 156 valence electrons. The highest BCUT2D eigenvalue weighted by atomic mass is 35.5. The summed E-state index contributed by atoms with van der Waals surface area (Å²) < 4.78 is 0. The average Bonchev–Trinajstić information content (AvgIpc) is 2.50. The van der Waals surface area contributed by atoms with Crippen molar-refractivity contribution in [2.75, 3.05) is 0 Å². The van der Waals surface area contributed by atoms with E-state index in [0.29, 0.717) is 21.2 Å². The molecule has 28 heavy (non-hydrogen) atoms. The van der Waals surface area contributed by atoms with Gasteiger partial charge < -0.3 is 0 Å². The van der Waals surface area contributed by atoms with Gasteiger partial charge >= 0.3 is 0 Å². The molecule has 0 saturated heterocycles. The molecule has 0 spiro atoms. The van der Waals surface area contributed by atoms with Gasteiger partial charge in [0.25, 0.3) is 11.8 Å². The molecule has 2 aromatic carbocycles. The molecule has 0 atom stereocenters. The lowest BCUT2D eigenvalue weighted by atomic mass is 10.1. The van der Waals surface area contributed by atoms with E-state index in [1.165, 1.54) is 17.1 Å². The summed E-state index contributed by atoms with van der Waals surface area (Å²) in [4.78, 5) is 25.4. The third kappa shape index (κ3) is 7.69. The maximum absolute atomic E-state index is 12.9. The van der Waals surface area contributed by atoms with Gasteiger partial charge in [-0.05, 0) is 58.0 Å². The van der Waals surface area contributed by atoms with Gasteiger partial charge in [-0.2, -0.15) is 0 Å². The molecule has 0 saturated carbocycles. The Labute approximate surface area is 194 Å². The molecule has 2 amide bonds. The first-order chi connectivity index (χ1) is 11.6. The van der Waals surface area contributed by atoms with Crippen LogP contribution in [0.15, 0.2) is 42.5 Å². The molecule has 2 rings (SSSR count). The van der Waals surface area contributed by atoms with Crippen LogP contribution in [0.25, 0.3) is 0 Å². The number of rotatable bonds is 2. The molecule has 0 aliphatic heterocycles.